The Morgan fingerprint density at radius 2 is 1.91 bits per heavy atom. The molecular weight excluding hydrogens is 309 g/mol. The molecule has 2 heterocycles. The molecular formula is C13H18N3O5P. The van der Waals surface area contributed by atoms with E-state index in [-0.39, 0.29) is 36.7 Å². The van der Waals surface area contributed by atoms with Gasteiger partial charge < -0.3 is 13.8 Å². The predicted molar refractivity (Wildman–Crippen MR) is 79.4 cm³/mol. The van der Waals surface area contributed by atoms with Crippen LogP contribution in [0.2, 0.25) is 0 Å². The lowest BCUT2D eigenvalue weighted by atomic mass is 10.5. The van der Waals surface area contributed by atoms with Crippen molar-refractivity contribution in [2.75, 3.05) is 19.8 Å². The second kappa shape index (κ2) is 7.00. The van der Waals surface area contributed by atoms with E-state index in [1.807, 2.05) is 0 Å². The highest BCUT2D eigenvalue weighted by atomic mass is 31.2. The van der Waals surface area contributed by atoms with E-state index < -0.39 is 13.6 Å². The monoisotopic (exact) mass is 327 g/mol. The van der Waals surface area contributed by atoms with Gasteiger partial charge in [0.2, 0.25) is 5.78 Å². The number of nitrogens with zero attached hydrogens (tertiary/aromatic N) is 3. The first-order valence-electron chi connectivity index (χ1n) is 6.96. The normalized spacial score (nSPS) is 11.8. The second-order valence-corrected chi connectivity index (χ2v) is 6.12. The molecule has 0 saturated heterocycles. The summed E-state index contributed by atoms with van der Waals surface area (Å²) in [4.78, 5) is 19.9. The highest BCUT2D eigenvalue weighted by Crippen LogP contribution is 2.46. The van der Waals surface area contributed by atoms with Crippen LogP contribution in [0.25, 0.3) is 5.78 Å². The molecule has 8 nitrogen and oxygen atoms in total. The molecule has 2 rings (SSSR count). The third kappa shape index (κ3) is 3.19. The van der Waals surface area contributed by atoms with Crippen molar-refractivity contribution in [3.63, 3.8) is 0 Å². The minimum Gasteiger partial charge on any atom is -0.461 e. The summed E-state index contributed by atoms with van der Waals surface area (Å²) in [5.41, 5.74) is 0.352. The Labute approximate surface area is 128 Å². The zero-order valence-electron chi connectivity index (χ0n) is 12.7. The van der Waals surface area contributed by atoms with E-state index in [0.29, 0.717) is 0 Å². The van der Waals surface area contributed by atoms with Crippen LogP contribution in [0.3, 0.4) is 0 Å². The zero-order chi connectivity index (χ0) is 16.2. The second-order valence-electron chi connectivity index (χ2n) is 4.15. The Balaban J connectivity index is 2.54. The van der Waals surface area contributed by atoms with Gasteiger partial charge in [-0.05, 0) is 26.8 Å². The van der Waals surface area contributed by atoms with Crippen molar-refractivity contribution >= 4 is 24.8 Å². The summed E-state index contributed by atoms with van der Waals surface area (Å²) in [5, 5.41) is 0. The number of fused-ring (bicyclic) bond motifs is 1. The molecule has 22 heavy (non-hydrogen) atoms. The molecule has 0 aliphatic heterocycles. The van der Waals surface area contributed by atoms with Crippen molar-refractivity contribution in [3.05, 3.63) is 24.2 Å². The molecule has 0 atom stereocenters. The largest absolute Gasteiger partial charge is 0.461 e. The lowest BCUT2D eigenvalue weighted by molar-refractivity contribution is 0.0520. The Morgan fingerprint density at radius 3 is 2.50 bits per heavy atom. The zero-order valence-corrected chi connectivity index (χ0v) is 13.6. The van der Waals surface area contributed by atoms with Crippen molar-refractivity contribution < 1.29 is 23.1 Å². The van der Waals surface area contributed by atoms with Crippen LogP contribution in [0.4, 0.5) is 0 Å². The fraction of sp³-hybridized carbons (Fsp3) is 0.462. The van der Waals surface area contributed by atoms with Gasteiger partial charge >= 0.3 is 13.6 Å². The van der Waals surface area contributed by atoms with Crippen LogP contribution in [0, 0.1) is 0 Å². The van der Waals surface area contributed by atoms with Gasteiger partial charge in [-0.2, -0.15) is 0 Å². The molecule has 0 radical (unpaired) electrons. The van der Waals surface area contributed by atoms with E-state index in [4.69, 9.17) is 13.8 Å². The SMILES string of the molecule is CCOC(=O)c1cn2c(P(=O)(OCC)OCC)ccnc2n1. The van der Waals surface area contributed by atoms with Crippen LogP contribution in [-0.4, -0.2) is 40.2 Å². The first-order valence-corrected chi connectivity index (χ1v) is 8.50. The molecule has 0 fully saturated rings. The number of carbonyl (C=O) groups is 1. The first kappa shape index (κ1) is 16.6. The van der Waals surface area contributed by atoms with Crippen molar-refractivity contribution in [1.82, 2.24) is 14.4 Å². The van der Waals surface area contributed by atoms with E-state index in [2.05, 4.69) is 9.97 Å². The Morgan fingerprint density at radius 1 is 1.23 bits per heavy atom. The van der Waals surface area contributed by atoms with Crippen LogP contribution in [0.1, 0.15) is 31.3 Å². The predicted octanol–water partition coefficient (Wildman–Crippen LogP) is 1.80. The molecule has 0 saturated carbocycles. The van der Waals surface area contributed by atoms with Gasteiger partial charge in [-0.25, -0.2) is 14.8 Å². The molecule has 0 unspecified atom stereocenters. The summed E-state index contributed by atoms with van der Waals surface area (Å²) < 4.78 is 29.9. The first-order chi connectivity index (χ1) is 10.6. The fourth-order valence-electron chi connectivity index (χ4n) is 1.92. The summed E-state index contributed by atoms with van der Waals surface area (Å²) >= 11 is 0. The van der Waals surface area contributed by atoms with Gasteiger partial charge in [-0.3, -0.25) is 8.97 Å². The van der Waals surface area contributed by atoms with E-state index in [1.54, 1.807) is 20.8 Å². The van der Waals surface area contributed by atoms with Gasteiger partial charge in [0.1, 0.15) is 5.44 Å². The third-order valence-corrected chi connectivity index (χ3v) is 4.83. The fourth-order valence-corrected chi connectivity index (χ4v) is 3.60. The third-order valence-electron chi connectivity index (χ3n) is 2.71. The quantitative estimate of drug-likeness (QED) is 0.565. The molecule has 120 valence electrons. The number of ether oxygens (including phenoxy) is 1. The van der Waals surface area contributed by atoms with Crippen LogP contribution < -0.4 is 5.44 Å². The number of rotatable bonds is 7. The maximum atomic E-state index is 12.9. The number of hydrogen-bond donors (Lipinski definition) is 0. The van der Waals surface area contributed by atoms with Crippen LogP contribution in [0.5, 0.6) is 0 Å². The summed E-state index contributed by atoms with van der Waals surface area (Å²) in [6, 6.07) is 1.52. The van der Waals surface area contributed by atoms with Crippen LogP contribution >= 0.6 is 7.60 Å². The van der Waals surface area contributed by atoms with E-state index in [9.17, 15) is 9.36 Å². The average molecular weight is 327 g/mol. The lowest BCUT2D eigenvalue weighted by Crippen LogP contribution is -2.18. The molecule has 0 bridgehead atoms. The number of carbonyl (C=O) groups excluding carboxylic acids is 1. The van der Waals surface area contributed by atoms with Crippen molar-refractivity contribution in [2.45, 2.75) is 20.8 Å². The highest BCUT2D eigenvalue weighted by Gasteiger charge is 2.30. The number of esters is 1. The van der Waals surface area contributed by atoms with Crippen LogP contribution in [-0.2, 0) is 18.3 Å². The molecule has 0 amide bonds. The van der Waals surface area contributed by atoms with Gasteiger partial charge in [0.05, 0.1) is 19.8 Å². The molecule has 0 aliphatic rings. The highest BCUT2D eigenvalue weighted by molar-refractivity contribution is 7.62. The van der Waals surface area contributed by atoms with Gasteiger partial charge in [0.25, 0.3) is 0 Å². The van der Waals surface area contributed by atoms with Gasteiger partial charge in [0.15, 0.2) is 5.69 Å². The van der Waals surface area contributed by atoms with Gasteiger partial charge in [-0.1, -0.05) is 0 Å². The van der Waals surface area contributed by atoms with Crippen molar-refractivity contribution in [1.29, 1.82) is 0 Å². The smallest absolute Gasteiger partial charge is 0.378 e. The topological polar surface area (TPSA) is 92.0 Å². The minimum atomic E-state index is -3.52. The Bertz CT molecular complexity index is 705. The Hall–Kier alpha value is -1.76. The van der Waals surface area contributed by atoms with Gasteiger partial charge in [0, 0.05) is 12.4 Å². The molecule has 0 aliphatic carbocycles. The summed E-state index contributed by atoms with van der Waals surface area (Å²) in [6.45, 7) is 5.84. The van der Waals surface area contributed by atoms with Crippen molar-refractivity contribution in [3.8, 4) is 0 Å². The summed E-state index contributed by atoms with van der Waals surface area (Å²) in [7, 11) is -3.52. The lowest BCUT2D eigenvalue weighted by Gasteiger charge is -2.17. The Kier molecular flexibility index (Phi) is 5.28. The molecule has 9 heteroatoms. The molecule has 0 aromatic carbocycles. The average Bonchev–Trinajstić information content (AvgIpc) is 2.91. The van der Waals surface area contributed by atoms with E-state index >= 15 is 0 Å². The number of hydrogen-bond acceptors (Lipinski definition) is 7. The molecule has 2 aromatic heterocycles. The molecule has 0 spiro atoms. The maximum absolute atomic E-state index is 12.9. The summed E-state index contributed by atoms with van der Waals surface area (Å²) in [6.07, 6.45) is 2.86. The molecule has 0 N–H and O–H groups in total. The van der Waals surface area contributed by atoms with Gasteiger partial charge in [-0.15, -0.1) is 0 Å². The van der Waals surface area contributed by atoms with Crippen LogP contribution in [0.15, 0.2) is 18.5 Å². The molecule has 2 aromatic rings. The number of imidazole rings is 1. The summed E-state index contributed by atoms with van der Waals surface area (Å²) in [5.74, 6) is -0.346. The van der Waals surface area contributed by atoms with E-state index in [1.165, 1.54) is 22.9 Å². The standard InChI is InChI=1S/C13H18N3O5P/c1-4-19-12(17)10-9-16-11(7-8-14-13(16)15-10)22(18,20-5-2)21-6-3/h7-9H,4-6H2,1-3H3. The van der Waals surface area contributed by atoms with Crippen molar-refractivity contribution in [2.24, 2.45) is 0 Å². The minimum absolute atomic E-state index is 0.0846. The number of aromatic nitrogens is 3. The maximum Gasteiger partial charge on any atom is 0.378 e. The van der Waals surface area contributed by atoms with E-state index in [0.717, 1.165) is 0 Å².